The first-order valence-electron chi connectivity index (χ1n) is 5.57. The fourth-order valence-corrected chi connectivity index (χ4v) is 1.36. The maximum absolute atomic E-state index is 11.5. The van der Waals surface area contributed by atoms with Crippen LogP contribution in [0.3, 0.4) is 0 Å². The molecule has 18 heavy (non-hydrogen) atoms. The van der Waals surface area contributed by atoms with Gasteiger partial charge in [0.1, 0.15) is 0 Å². The number of rotatable bonds is 7. The number of amides is 1. The number of ether oxygens (including phenoxy) is 1. The number of pyridine rings is 1. The SMILES string of the molecule is COCCCC(=O)Nc1ccc(CC(=O)O)nc1. The van der Waals surface area contributed by atoms with Crippen molar-refractivity contribution in [3.8, 4) is 0 Å². The van der Waals surface area contributed by atoms with Crippen molar-refractivity contribution in [1.29, 1.82) is 0 Å². The molecular formula is C12H16N2O4. The average molecular weight is 252 g/mol. The molecule has 6 nitrogen and oxygen atoms in total. The molecule has 1 heterocycles. The lowest BCUT2D eigenvalue weighted by Gasteiger charge is -2.05. The Balaban J connectivity index is 2.43. The third-order valence-corrected chi connectivity index (χ3v) is 2.19. The molecular weight excluding hydrogens is 236 g/mol. The molecule has 0 radical (unpaired) electrons. The number of carbonyl (C=O) groups is 2. The number of hydrogen-bond acceptors (Lipinski definition) is 4. The van der Waals surface area contributed by atoms with Crippen LogP contribution in [0.1, 0.15) is 18.5 Å². The van der Waals surface area contributed by atoms with E-state index >= 15 is 0 Å². The normalized spacial score (nSPS) is 10.1. The van der Waals surface area contributed by atoms with Crippen LogP contribution in [0.15, 0.2) is 18.3 Å². The Morgan fingerprint density at radius 1 is 1.44 bits per heavy atom. The third-order valence-electron chi connectivity index (χ3n) is 2.19. The third kappa shape index (κ3) is 5.40. The summed E-state index contributed by atoms with van der Waals surface area (Å²) in [7, 11) is 1.59. The summed E-state index contributed by atoms with van der Waals surface area (Å²) in [4.78, 5) is 25.9. The van der Waals surface area contributed by atoms with Crippen LogP contribution >= 0.6 is 0 Å². The number of carboxylic acids is 1. The molecule has 0 unspecified atom stereocenters. The first kappa shape index (κ1) is 14.1. The van der Waals surface area contributed by atoms with Crippen molar-refractivity contribution in [3.63, 3.8) is 0 Å². The predicted octanol–water partition coefficient (Wildman–Crippen LogP) is 1.07. The van der Waals surface area contributed by atoms with Gasteiger partial charge in [-0.15, -0.1) is 0 Å². The molecule has 0 spiro atoms. The van der Waals surface area contributed by atoms with E-state index in [0.29, 0.717) is 30.8 Å². The molecule has 0 aromatic carbocycles. The van der Waals surface area contributed by atoms with Crippen molar-refractivity contribution < 1.29 is 19.4 Å². The van der Waals surface area contributed by atoms with Crippen LogP contribution in [0.25, 0.3) is 0 Å². The minimum atomic E-state index is -0.932. The lowest BCUT2D eigenvalue weighted by atomic mass is 10.2. The quantitative estimate of drug-likeness (QED) is 0.709. The molecule has 0 atom stereocenters. The summed E-state index contributed by atoms with van der Waals surface area (Å²) < 4.78 is 4.85. The van der Waals surface area contributed by atoms with Gasteiger partial charge in [0.15, 0.2) is 0 Å². The molecule has 1 amide bonds. The number of aromatic nitrogens is 1. The Hall–Kier alpha value is -1.95. The number of carboxylic acid groups (broad SMARTS) is 1. The van der Waals surface area contributed by atoms with Gasteiger partial charge in [-0.2, -0.15) is 0 Å². The highest BCUT2D eigenvalue weighted by Gasteiger charge is 2.04. The zero-order valence-corrected chi connectivity index (χ0v) is 10.2. The van der Waals surface area contributed by atoms with E-state index in [2.05, 4.69) is 10.3 Å². The predicted molar refractivity (Wildman–Crippen MR) is 65.3 cm³/mol. The highest BCUT2D eigenvalue weighted by molar-refractivity contribution is 5.90. The number of aliphatic carboxylic acids is 1. The largest absolute Gasteiger partial charge is 0.481 e. The zero-order chi connectivity index (χ0) is 13.4. The highest BCUT2D eigenvalue weighted by Crippen LogP contribution is 2.07. The summed E-state index contributed by atoms with van der Waals surface area (Å²) in [6, 6.07) is 3.22. The van der Waals surface area contributed by atoms with E-state index in [1.54, 1.807) is 19.2 Å². The molecule has 0 aliphatic rings. The van der Waals surface area contributed by atoms with Crippen LogP contribution in [0.2, 0.25) is 0 Å². The molecule has 1 aromatic rings. The van der Waals surface area contributed by atoms with Gasteiger partial charge in [-0.1, -0.05) is 0 Å². The molecule has 0 bridgehead atoms. The first-order valence-corrected chi connectivity index (χ1v) is 5.57. The van der Waals surface area contributed by atoms with Crippen LogP contribution in [-0.2, 0) is 20.7 Å². The summed E-state index contributed by atoms with van der Waals surface area (Å²) in [5.41, 5.74) is 1.02. The van der Waals surface area contributed by atoms with Crippen LogP contribution in [0.5, 0.6) is 0 Å². The topological polar surface area (TPSA) is 88.5 Å². The number of hydrogen-bond donors (Lipinski definition) is 2. The fraction of sp³-hybridized carbons (Fsp3) is 0.417. The van der Waals surface area contributed by atoms with Gasteiger partial charge in [0.05, 0.1) is 24.0 Å². The van der Waals surface area contributed by atoms with Gasteiger partial charge in [0.25, 0.3) is 0 Å². The molecule has 0 saturated heterocycles. The number of carbonyl (C=O) groups excluding carboxylic acids is 1. The Bertz CT molecular complexity index is 403. The second kappa shape index (κ2) is 7.39. The van der Waals surface area contributed by atoms with Crippen molar-refractivity contribution >= 4 is 17.6 Å². The molecule has 2 N–H and O–H groups in total. The van der Waals surface area contributed by atoms with Crippen LogP contribution < -0.4 is 5.32 Å². The number of methoxy groups -OCH3 is 1. The molecule has 98 valence electrons. The lowest BCUT2D eigenvalue weighted by Crippen LogP contribution is -2.12. The number of nitrogens with zero attached hydrogens (tertiary/aromatic N) is 1. The second-order valence-corrected chi connectivity index (χ2v) is 3.75. The molecule has 0 saturated carbocycles. The van der Waals surface area contributed by atoms with Gasteiger partial charge in [0, 0.05) is 20.1 Å². The monoisotopic (exact) mass is 252 g/mol. The van der Waals surface area contributed by atoms with E-state index in [0.717, 1.165) is 0 Å². The Kier molecular flexibility index (Phi) is 5.79. The van der Waals surface area contributed by atoms with Gasteiger partial charge in [-0.25, -0.2) is 0 Å². The fourth-order valence-electron chi connectivity index (χ4n) is 1.36. The van der Waals surface area contributed by atoms with E-state index < -0.39 is 5.97 Å². The average Bonchev–Trinajstić information content (AvgIpc) is 2.31. The summed E-state index contributed by atoms with van der Waals surface area (Å²) in [6.07, 6.45) is 2.37. The number of anilines is 1. The zero-order valence-electron chi connectivity index (χ0n) is 10.2. The van der Waals surface area contributed by atoms with Crippen LogP contribution in [0.4, 0.5) is 5.69 Å². The second-order valence-electron chi connectivity index (χ2n) is 3.75. The molecule has 6 heteroatoms. The van der Waals surface area contributed by atoms with E-state index in [1.807, 2.05) is 0 Å². The lowest BCUT2D eigenvalue weighted by molar-refractivity contribution is -0.136. The van der Waals surface area contributed by atoms with Crippen molar-refractivity contribution in [2.45, 2.75) is 19.3 Å². The van der Waals surface area contributed by atoms with Crippen LogP contribution in [0, 0.1) is 0 Å². The highest BCUT2D eigenvalue weighted by atomic mass is 16.5. The van der Waals surface area contributed by atoms with Crippen molar-refractivity contribution in [2.24, 2.45) is 0 Å². The minimum absolute atomic E-state index is 0.111. The molecule has 0 aliphatic heterocycles. The summed E-state index contributed by atoms with van der Waals surface area (Å²) in [6.45, 7) is 0.545. The molecule has 1 aromatic heterocycles. The van der Waals surface area contributed by atoms with E-state index in [4.69, 9.17) is 9.84 Å². The van der Waals surface area contributed by atoms with Gasteiger partial charge in [-0.05, 0) is 18.6 Å². The van der Waals surface area contributed by atoms with E-state index in [-0.39, 0.29) is 12.3 Å². The standard InChI is InChI=1S/C12H16N2O4/c1-18-6-2-3-11(15)14-10-5-4-9(13-8-10)7-12(16)17/h4-5,8H,2-3,6-7H2,1H3,(H,14,15)(H,16,17). The maximum atomic E-state index is 11.5. The Labute approximate surface area is 105 Å². The van der Waals surface area contributed by atoms with Crippen molar-refractivity contribution in [3.05, 3.63) is 24.0 Å². The summed E-state index contributed by atoms with van der Waals surface area (Å²) in [5.74, 6) is -1.04. The van der Waals surface area contributed by atoms with E-state index in [9.17, 15) is 9.59 Å². The minimum Gasteiger partial charge on any atom is -0.481 e. The van der Waals surface area contributed by atoms with E-state index in [1.165, 1.54) is 6.20 Å². The van der Waals surface area contributed by atoms with Gasteiger partial charge in [-0.3, -0.25) is 14.6 Å². The molecule has 0 aliphatic carbocycles. The van der Waals surface area contributed by atoms with Gasteiger partial charge in [0.2, 0.25) is 5.91 Å². The Morgan fingerprint density at radius 2 is 2.22 bits per heavy atom. The van der Waals surface area contributed by atoms with Crippen molar-refractivity contribution in [2.75, 3.05) is 19.0 Å². The smallest absolute Gasteiger partial charge is 0.309 e. The van der Waals surface area contributed by atoms with Crippen molar-refractivity contribution in [1.82, 2.24) is 4.98 Å². The molecule has 1 rings (SSSR count). The van der Waals surface area contributed by atoms with Crippen LogP contribution in [-0.4, -0.2) is 35.7 Å². The summed E-state index contributed by atoms with van der Waals surface area (Å²) >= 11 is 0. The molecule has 0 fully saturated rings. The first-order chi connectivity index (χ1) is 8.61. The number of nitrogens with one attached hydrogen (secondary N) is 1. The van der Waals surface area contributed by atoms with Gasteiger partial charge >= 0.3 is 5.97 Å². The van der Waals surface area contributed by atoms with Gasteiger partial charge < -0.3 is 15.2 Å². The maximum Gasteiger partial charge on any atom is 0.309 e. The summed E-state index contributed by atoms with van der Waals surface area (Å²) in [5, 5.41) is 11.3. The Morgan fingerprint density at radius 3 is 2.78 bits per heavy atom.